The summed E-state index contributed by atoms with van der Waals surface area (Å²) in [5.74, 6) is -1.06. The Balaban J connectivity index is 1.86. The molecule has 2 amide bonds. The van der Waals surface area contributed by atoms with Crippen molar-refractivity contribution in [2.75, 3.05) is 20.7 Å². The van der Waals surface area contributed by atoms with Crippen molar-refractivity contribution < 1.29 is 24.2 Å². The molecule has 1 fully saturated rings. The van der Waals surface area contributed by atoms with Crippen LogP contribution in [0.3, 0.4) is 0 Å². The number of carbonyl (C=O) groups excluding carboxylic acids is 2. The predicted molar refractivity (Wildman–Crippen MR) is 98.9 cm³/mol. The highest BCUT2D eigenvalue weighted by molar-refractivity contribution is 5.99. The first-order chi connectivity index (χ1) is 12.9. The second kappa shape index (κ2) is 7.49. The van der Waals surface area contributed by atoms with Crippen LogP contribution in [0.4, 0.5) is 0 Å². The van der Waals surface area contributed by atoms with Gasteiger partial charge in [-0.15, -0.1) is 0 Å². The average Bonchev–Trinajstić information content (AvgIpc) is 2.99. The van der Waals surface area contributed by atoms with Crippen LogP contribution in [0.15, 0.2) is 42.5 Å². The fourth-order valence-corrected chi connectivity index (χ4v) is 3.09. The summed E-state index contributed by atoms with van der Waals surface area (Å²) in [6.07, 6.45) is 0.589. The fourth-order valence-electron chi connectivity index (χ4n) is 3.09. The summed E-state index contributed by atoms with van der Waals surface area (Å²) < 4.78 is 5.31. The molecule has 0 aromatic heterocycles. The lowest BCUT2D eigenvalue weighted by molar-refractivity contribution is -0.128. The number of hydrogen-bond donors (Lipinski definition) is 2. The second-order valence-corrected chi connectivity index (χ2v) is 6.38. The molecule has 7 heteroatoms. The van der Waals surface area contributed by atoms with Crippen molar-refractivity contribution in [2.24, 2.45) is 0 Å². The minimum Gasteiger partial charge on any atom is -0.496 e. The monoisotopic (exact) mass is 368 g/mol. The summed E-state index contributed by atoms with van der Waals surface area (Å²) in [5.41, 5.74) is 1.92. The minimum atomic E-state index is -1.04. The molecule has 1 atom stereocenters. The average molecular weight is 368 g/mol. The van der Waals surface area contributed by atoms with Gasteiger partial charge in [0.2, 0.25) is 5.91 Å². The molecule has 1 aliphatic rings. The lowest BCUT2D eigenvalue weighted by atomic mass is 10.00. The first-order valence-corrected chi connectivity index (χ1v) is 8.48. The molecule has 0 spiro atoms. The van der Waals surface area contributed by atoms with Gasteiger partial charge in [-0.25, -0.2) is 4.79 Å². The van der Waals surface area contributed by atoms with Crippen LogP contribution in [-0.2, 0) is 4.79 Å². The molecule has 3 rings (SSSR count). The van der Waals surface area contributed by atoms with Crippen molar-refractivity contribution in [3.8, 4) is 16.9 Å². The number of amides is 2. The van der Waals surface area contributed by atoms with Gasteiger partial charge in [0, 0.05) is 24.7 Å². The van der Waals surface area contributed by atoms with E-state index >= 15 is 0 Å². The number of carbonyl (C=O) groups is 3. The number of methoxy groups -OCH3 is 1. The van der Waals surface area contributed by atoms with Crippen molar-refractivity contribution in [3.05, 3.63) is 53.6 Å². The number of nitrogens with one attached hydrogen (secondary N) is 1. The molecule has 0 bridgehead atoms. The summed E-state index contributed by atoms with van der Waals surface area (Å²) >= 11 is 0. The van der Waals surface area contributed by atoms with Gasteiger partial charge in [0.25, 0.3) is 5.91 Å². The molecule has 7 nitrogen and oxygen atoms in total. The van der Waals surface area contributed by atoms with Gasteiger partial charge in [-0.2, -0.15) is 0 Å². The SMILES string of the molecule is COc1cc(C(=O)O)ccc1-c1cccc(C(=O)N[C@H]2CCN(C)C2=O)c1. The molecule has 0 radical (unpaired) electrons. The van der Waals surface area contributed by atoms with Crippen molar-refractivity contribution in [1.82, 2.24) is 10.2 Å². The molecular formula is C20H20N2O5. The van der Waals surface area contributed by atoms with E-state index in [-0.39, 0.29) is 17.4 Å². The number of rotatable bonds is 5. The number of ether oxygens (including phenoxy) is 1. The van der Waals surface area contributed by atoms with Crippen molar-refractivity contribution in [2.45, 2.75) is 12.5 Å². The smallest absolute Gasteiger partial charge is 0.335 e. The topological polar surface area (TPSA) is 95.9 Å². The van der Waals surface area contributed by atoms with Crippen LogP contribution in [0.2, 0.25) is 0 Å². The fraction of sp³-hybridized carbons (Fsp3) is 0.250. The summed E-state index contributed by atoms with van der Waals surface area (Å²) in [6.45, 7) is 0.622. The highest BCUT2D eigenvalue weighted by Gasteiger charge is 2.30. The van der Waals surface area contributed by atoms with Crippen LogP contribution >= 0.6 is 0 Å². The molecule has 0 aliphatic carbocycles. The van der Waals surface area contributed by atoms with Crippen LogP contribution in [0.1, 0.15) is 27.1 Å². The third-order valence-electron chi connectivity index (χ3n) is 4.62. The van der Waals surface area contributed by atoms with E-state index in [0.717, 1.165) is 0 Å². The third-order valence-corrected chi connectivity index (χ3v) is 4.62. The number of aromatic carboxylic acids is 1. The largest absolute Gasteiger partial charge is 0.496 e. The zero-order chi connectivity index (χ0) is 19.6. The summed E-state index contributed by atoms with van der Waals surface area (Å²) in [6, 6.07) is 11.0. The van der Waals surface area contributed by atoms with E-state index in [0.29, 0.717) is 35.4 Å². The Morgan fingerprint density at radius 2 is 1.96 bits per heavy atom. The zero-order valence-corrected chi connectivity index (χ0v) is 15.1. The highest BCUT2D eigenvalue weighted by Crippen LogP contribution is 2.31. The first kappa shape index (κ1) is 18.4. The number of hydrogen-bond acceptors (Lipinski definition) is 4. The van der Waals surface area contributed by atoms with Crippen LogP contribution in [-0.4, -0.2) is 54.5 Å². The van der Waals surface area contributed by atoms with Gasteiger partial charge >= 0.3 is 5.97 Å². The van der Waals surface area contributed by atoms with Crippen molar-refractivity contribution >= 4 is 17.8 Å². The maximum absolute atomic E-state index is 12.5. The zero-order valence-electron chi connectivity index (χ0n) is 15.1. The van der Waals surface area contributed by atoms with Crippen LogP contribution in [0, 0.1) is 0 Å². The van der Waals surface area contributed by atoms with Crippen LogP contribution < -0.4 is 10.1 Å². The van der Waals surface area contributed by atoms with E-state index < -0.39 is 12.0 Å². The summed E-state index contributed by atoms with van der Waals surface area (Å²) in [4.78, 5) is 37.2. The number of likely N-dealkylation sites (N-methyl/N-ethyl adjacent to an activating group) is 1. The number of carboxylic acid groups (broad SMARTS) is 1. The Morgan fingerprint density at radius 3 is 2.59 bits per heavy atom. The van der Waals surface area contributed by atoms with E-state index in [1.54, 1.807) is 36.2 Å². The van der Waals surface area contributed by atoms with E-state index in [4.69, 9.17) is 9.84 Å². The molecular weight excluding hydrogens is 348 g/mol. The molecule has 2 N–H and O–H groups in total. The third kappa shape index (κ3) is 3.76. The Labute approximate surface area is 156 Å². The summed E-state index contributed by atoms with van der Waals surface area (Å²) in [5, 5.41) is 11.9. The molecule has 1 aliphatic heterocycles. The Hall–Kier alpha value is -3.35. The predicted octanol–water partition coefficient (Wildman–Crippen LogP) is 2.02. The van der Waals surface area contributed by atoms with E-state index in [9.17, 15) is 14.4 Å². The lowest BCUT2D eigenvalue weighted by Crippen LogP contribution is -2.40. The number of carboxylic acids is 1. The van der Waals surface area contributed by atoms with Crippen LogP contribution in [0.5, 0.6) is 5.75 Å². The molecule has 140 valence electrons. The highest BCUT2D eigenvalue weighted by atomic mass is 16.5. The summed E-state index contributed by atoms with van der Waals surface area (Å²) in [7, 11) is 3.17. The van der Waals surface area contributed by atoms with Crippen molar-refractivity contribution in [1.29, 1.82) is 0 Å². The lowest BCUT2D eigenvalue weighted by Gasteiger charge is -2.14. The number of benzene rings is 2. The molecule has 0 unspecified atom stereocenters. The standard InChI is InChI=1S/C20H20N2O5/c1-22-9-8-16(19(22)24)21-18(23)13-5-3-4-12(10-13)15-7-6-14(20(25)26)11-17(15)27-2/h3-7,10-11,16H,8-9H2,1-2H3,(H,21,23)(H,25,26)/t16-/m0/s1. The number of nitrogens with zero attached hydrogens (tertiary/aromatic N) is 1. The van der Waals surface area contributed by atoms with Gasteiger partial charge in [-0.3, -0.25) is 9.59 Å². The maximum atomic E-state index is 12.5. The van der Waals surface area contributed by atoms with Crippen LogP contribution in [0.25, 0.3) is 11.1 Å². The van der Waals surface area contributed by atoms with Gasteiger partial charge in [0.1, 0.15) is 11.8 Å². The Bertz CT molecular complexity index is 909. The molecule has 2 aromatic carbocycles. The normalized spacial score (nSPS) is 16.3. The Kier molecular flexibility index (Phi) is 5.12. The molecule has 0 saturated carbocycles. The van der Waals surface area contributed by atoms with E-state index in [1.165, 1.54) is 19.2 Å². The van der Waals surface area contributed by atoms with Gasteiger partial charge < -0.3 is 20.1 Å². The van der Waals surface area contributed by atoms with Gasteiger partial charge in [-0.05, 0) is 42.3 Å². The van der Waals surface area contributed by atoms with E-state index in [2.05, 4.69) is 5.32 Å². The molecule has 1 heterocycles. The first-order valence-electron chi connectivity index (χ1n) is 8.48. The van der Waals surface area contributed by atoms with Gasteiger partial charge in [-0.1, -0.05) is 12.1 Å². The second-order valence-electron chi connectivity index (χ2n) is 6.38. The van der Waals surface area contributed by atoms with E-state index in [1.807, 2.05) is 6.07 Å². The molecule has 27 heavy (non-hydrogen) atoms. The van der Waals surface area contributed by atoms with Crippen molar-refractivity contribution in [3.63, 3.8) is 0 Å². The molecule has 2 aromatic rings. The number of likely N-dealkylation sites (tertiary alicyclic amines) is 1. The maximum Gasteiger partial charge on any atom is 0.335 e. The molecule has 1 saturated heterocycles. The Morgan fingerprint density at radius 1 is 1.19 bits per heavy atom. The quantitative estimate of drug-likeness (QED) is 0.842. The van der Waals surface area contributed by atoms with Gasteiger partial charge in [0.15, 0.2) is 0 Å². The van der Waals surface area contributed by atoms with Gasteiger partial charge in [0.05, 0.1) is 12.7 Å². The minimum absolute atomic E-state index is 0.0922.